The minimum atomic E-state index is -0.575. The molecule has 0 bridgehead atoms. The van der Waals surface area contributed by atoms with Crippen molar-refractivity contribution in [1.29, 1.82) is 0 Å². The second kappa shape index (κ2) is 8.42. The fourth-order valence-corrected chi connectivity index (χ4v) is 4.56. The maximum atomic E-state index is 14.6. The predicted octanol–water partition coefficient (Wildman–Crippen LogP) is 2.74. The van der Waals surface area contributed by atoms with Crippen LogP contribution in [0.4, 0.5) is 4.39 Å². The normalized spacial score (nSPS) is 18.0. The third-order valence-corrected chi connectivity index (χ3v) is 6.68. The van der Waals surface area contributed by atoms with Gasteiger partial charge in [0.05, 0.1) is 22.7 Å². The van der Waals surface area contributed by atoms with Gasteiger partial charge in [-0.1, -0.05) is 24.3 Å². The minimum Gasteiger partial charge on any atom is -0.341 e. The van der Waals surface area contributed by atoms with Crippen LogP contribution in [0, 0.1) is 11.7 Å². The Balaban J connectivity index is 1.35. The largest absolute Gasteiger partial charge is 0.341 e. The van der Waals surface area contributed by atoms with Gasteiger partial charge in [0.25, 0.3) is 11.5 Å². The van der Waals surface area contributed by atoms with Gasteiger partial charge in [-0.05, 0) is 43.0 Å². The van der Waals surface area contributed by atoms with Crippen LogP contribution in [0.5, 0.6) is 0 Å². The van der Waals surface area contributed by atoms with E-state index in [2.05, 4.69) is 10.2 Å². The highest BCUT2D eigenvalue weighted by molar-refractivity contribution is 5.95. The lowest BCUT2D eigenvalue weighted by atomic mass is 10.0. The Morgan fingerprint density at radius 2 is 1.91 bits per heavy atom. The first-order valence-electron chi connectivity index (χ1n) is 11.2. The average molecular weight is 448 g/mol. The maximum Gasteiger partial charge on any atom is 0.272 e. The van der Waals surface area contributed by atoms with Crippen molar-refractivity contribution < 1.29 is 14.0 Å². The zero-order valence-corrected chi connectivity index (χ0v) is 18.4. The summed E-state index contributed by atoms with van der Waals surface area (Å²) in [6.45, 7) is 0.894. The number of nitrogens with zero attached hydrogens (tertiary/aromatic N) is 3. The van der Waals surface area contributed by atoms with E-state index in [1.807, 2.05) is 12.1 Å². The molecule has 2 aliphatic rings. The summed E-state index contributed by atoms with van der Waals surface area (Å²) in [5, 5.41) is 7.95. The summed E-state index contributed by atoms with van der Waals surface area (Å²) in [6.07, 6.45) is 2.92. The number of amides is 2. The smallest absolute Gasteiger partial charge is 0.272 e. The van der Waals surface area contributed by atoms with E-state index in [1.54, 1.807) is 41.1 Å². The zero-order valence-electron chi connectivity index (χ0n) is 18.4. The van der Waals surface area contributed by atoms with Crippen molar-refractivity contribution in [3.63, 3.8) is 0 Å². The van der Waals surface area contributed by atoms with Gasteiger partial charge >= 0.3 is 0 Å². The van der Waals surface area contributed by atoms with Crippen LogP contribution in [0.15, 0.2) is 47.3 Å². The Hall–Kier alpha value is -3.55. The van der Waals surface area contributed by atoms with E-state index in [-0.39, 0.29) is 34.9 Å². The second-order valence-electron chi connectivity index (χ2n) is 8.95. The molecule has 7 nitrogen and oxygen atoms in total. The highest BCUT2D eigenvalue weighted by Gasteiger charge is 2.38. The number of aromatic nitrogens is 2. The van der Waals surface area contributed by atoms with Crippen molar-refractivity contribution in [2.75, 3.05) is 20.1 Å². The molecule has 1 aromatic heterocycles. The first kappa shape index (κ1) is 21.3. The quantitative estimate of drug-likeness (QED) is 0.650. The first-order valence-corrected chi connectivity index (χ1v) is 11.2. The van der Waals surface area contributed by atoms with Crippen molar-refractivity contribution in [2.24, 2.45) is 5.92 Å². The molecular formula is C25H25FN4O3. The SMILES string of the molecule is CN(C(=O)C1CC1)[C@@H]1CCN(C(=O)c2cc(Cc3n[nH]c(=O)c4ccccc34)ccc2F)C1. The number of H-pyrrole nitrogens is 1. The van der Waals surface area contributed by atoms with Crippen molar-refractivity contribution in [1.82, 2.24) is 20.0 Å². The molecule has 2 fully saturated rings. The number of likely N-dealkylation sites (N-methyl/N-ethyl adjacent to an activating group) is 1. The molecule has 1 aliphatic heterocycles. The fourth-order valence-electron chi connectivity index (χ4n) is 4.56. The topological polar surface area (TPSA) is 86.4 Å². The van der Waals surface area contributed by atoms with E-state index in [0.717, 1.165) is 23.8 Å². The first-order chi connectivity index (χ1) is 15.9. The number of benzene rings is 2. The van der Waals surface area contributed by atoms with Gasteiger partial charge in [0.2, 0.25) is 5.91 Å². The van der Waals surface area contributed by atoms with Gasteiger partial charge < -0.3 is 9.80 Å². The van der Waals surface area contributed by atoms with Crippen molar-refractivity contribution in [3.8, 4) is 0 Å². The Kier molecular flexibility index (Phi) is 5.44. The van der Waals surface area contributed by atoms with Crippen molar-refractivity contribution >= 4 is 22.6 Å². The molecule has 170 valence electrons. The molecule has 0 radical (unpaired) electrons. The van der Waals surface area contributed by atoms with Crippen LogP contribution in [0.2, 0.25) is 0 Å². The van der Waals surface area contributed by atoms with Gasteiger partial charge in [-0.25, -0.2) is 9.49 Å². The lowest BCUT2D eigenvalue weighted by Gasteiger charge is -2.25. The summed E-state index contributed by atoms with van der Waals surface area (Å²) in [5.74, 6) is -0.674. The summed E-state index contributed by atoms with van der Waals surface area (Å²) in [6, 6.07) is 11.6. The van der Waals surface area contributed by atoms with E-state index in [1.165, 1.54) is 6.07 Å². The number of halogens is 1. The number of hydrogen-bond acceptors (Lipinski definition) is 4. The van der Waals surface area contributed by atoms with Gasteiger partial charge in [-0.3, -0.25) is 14.4 Å². The molecule has 33 heavy (non-hydrogen) atoms. The number of carbonyl (C=O) groups excluding carboxylic acids is 2. The van der Waals surface area contributed by atoms with Crippen LogP contribution >= 0.6 is 0 Å². The number of rotatable bonds is 5. The number of likely N-dealkylation sites (tertiary alicyclic amines) is 1. The van der Waals surface area contributed by atoms with Crippen molar-refractivity contribution in [3.05, 3.63) is 75.5 Å². The van der Waals surface area contributed by atoms with E-state index in [4.69, 9.17) is 0 Å². The highest BCUT2D eigenvalue weighted by Crippen LogP contribution is 2.32. The van der Waals surface area contributed by atoms with Gasteiger partial charge in [-0.15, -0.1) is 0 Å². The van der Waals surface area contributed by atoms with Gasteiger partial charge in [0.15, 0.2) is 0 Å². The third-order valence-electron chi connectivity index (χ3n) is 6.68. The van der Waals surface area contributed by atoms with Crippen LogP contribution in [-0.4, -0.2) is 58.0 Å². The van der Waals surface area contributed by atoms with Crippen molar-refractivity contribution in [2.45, 2.75) is 31.7 Å². The molecule has 0 unspecified atom stereocenters. The summed E-state index contributed by atoms with van der Waals surface area (Å²) >= 11 is 0. The number of nitrogens with one attached hydrogen (secondary N) is 1. The average Bonchev–Trinajstić information content (AvgIpc) is 3.57. The lowest BCUT2D eigenvalue weighted by Crippen LogP contribution is -2.40. The molecule has 1 atom stereocenters. The predicted molar refractivity (Wildman–Crippen MR) is 121 cm³/mol. The lowest BCUT2D eigenvalue weighted by molar-refractivity contribution is -0.133. The summed E-state index contributed by atoms with van der Waals surface area (Å²) in [7, 11) is 1.79. The number of hydrogen-bond donors (Lipinski definition) is 1. The van der Waals surface area contributed by atoms with Crippen LogP contribution in [-0.2, 0) is 11.2 Å². The molecule has 2 aromatic carbocycles. The standard InChI is InChI=1S/C25H25FN4O3/c1-29(24(32)16-7-8-16)17-10-11-30(14-17)25(33)20-12-15(6-9-21(20)26)13-22-18-4-2-3-5-19(18)23(31)28-27-22/h2-6,9,12,16-17H,7-8,10-11,13-14H2,1H3,(H,28,31)/t17-/m1/s1. The summed E-state index contributed by atoms with van der Waals surface area (Å²) in [5.41, 5.74) is 1.12. The van der Waals surface area contributed by atoms with Crippen LogP contribution in [0.3, 0.4) is 0 Å². The molecule has 2 amide bonds. The molecular weight excluding hydrogens is 423 g/mol. The van der Waals surface area contributed by atoms with Gasteiger partial charge in [0, 0.05) is 37.9 Å². The Morgan fingerprint density at radius 3 is 2.67 bits per heavy atom. The van der Waals surface area contributed by atoms with Crippen LogP contribution < -0.4 is 5.56 Å². The van der Waals surface area contributed by atoms with Crippen LogP contribution in [0.1, 0.15) is 40.9 Å². The number of carbonyl (C=O) groups is 2. The maximum absolute atomic E-state index is 14.6. The molecule has 8 heteroatoms. The molecule has 2 heterocycles. The van der Waals surface area contributed by atoms with E-state index in [9.17, 15) is 18.8 Å². The fraction of sp³-hybridized carbons (Fsp3) is 0.360. The number of fused-ring (bicyclic) bond motifs is 1. The molecule has 1 saturated heterocycles. The molecule has 5 rings (SSSR count). The molecule has 1 saturated carbocycles. The minimum absolute atomic E-state index is 0.0121. The number of aromatic amines is 1. The third kappa shape index (κ3) is 4.13. The Morgan fingerprint density at radius 1 is 1.15 bits per heavy atom. The molecule has 3 aromatic rings. The van der Waals surface area contributed by atoms with E-state index in [0.29, 0.717) is 37.0 Å². The van der Waals surface area contributed by atoms with E-state index >= 15 is 0 Å². The Labute approximate surface area is 190 Å². The summed E-state index contributed by atoms with van der Waals surface area (Å²) < 4.78 is 14.6. The zero-order chi connectivity index (χ0) is 23.1. The molecule has 1 N–H and O–H groups in total. The molecule has 1 aliphatic carbocycles. The summed E-state index contributed by atoms with van der Waals surface area (Å²) in [4.78, 5) is 40.9. The monoisotopic (exact) mass is 448 g/mol. The Bertz CT molecular complexity index is 1300. The highest BCUT2D eigenvalue weighted by atomic mass is 19.1. The van der Waals surface area contributed by atoms with E-state index < -0.39 is 5.82 Å². The van der Waals surface area contributed by atoms with Crippen LogP contribution in [0.25, 0.3) is 10.8 Å². The molecule has 0 spiro atoms. The second-order valence-corrected chi connectivity index (χ2v) is 8.95. The van der Waals surface area contributed by atoms with Gasteiger partial charge in [-0.2, -0.15) is 5.10 Å². The van der Waals surface area contributed by atoms with Gasteiger partial charge in [0.1, 0.15) is 5.82 Å².